The van der Waals surface area contributed by atoms with Crippen molar-refractivity contribution in [3.63, 3.8) is 0 Å². The lowest BCUT2D eigenvalue weighted by molar-refractivity contribution is -0.117. The molecule has 0 bridgehead atoms. The maximum absolute atomic E-state index is 12.1. The van der Waals surface area contributed by atoms with Gasteiger partial charge in [0, 0.05) is 17.5 Å². The highest BCUT2D eigenvalue weighted by molar-refractivity contribution is 5.99. The molecule has 4 rings (SSSR count). The summed E-state index contributed by atoms with van der Waals surface area (Å²) in [5, 5.41) is 4.26. The number of carbonyl (C=O) groups excluding carboxylic acids is 2. The van der Waals surface area contributed by atoms with E-state index in [1.54, 1.807) is 18.3 Å². The molecule has 8 nitrogen and oxygen atoms in total. The zero-order valence-electron chi connectivity index (χ0n) is 14.0. The van der Waals surface area contributed by atoms with Crippen LogP contribution in [-0.2, 0) is 9.53 Å². The van der Waals surface area contributed by atoms with Crippen molar-refractivity contribution in [3.8, 4) is 0 Å². The number of nitrogens with zero attached hydrogens (tertiary/aromatic N) is 3. The van der Waals surface area contributed by atoms with E-state index in [1.165, 1.54) is 4.90 Å². The summed E-state index contributed by atoms with van der Waals surface area (Å²) < 4.78 is 5.04. The van der Waals surface area contributed by atoms with Gasteiger partial charge in [0.25, 0.3) is 0 Å². The fraction of sp³-hybridized carbons (Fsp3) is 0.412. The lowest BCUT2D eigenvalue weighted by atomic mass is 10.2. The topological polar surface area (TPSA) is 110 Å². The predicted molar refractivity (Wildman–Crippen MR) is 93.1 cm³/mol. The second-order valence-electron chi connectivity index (χ2n) is 6.76. The Kier molecular flexibility index (Phi) is 3.48. The van der Waals surface area contributed by atoms with Gasteiger partial charge in [0.05, 0.1) is 6.04 Å². The van der Waals surface area contributed by atoms with Gasteiger partial charge in [-0.3, -0.25) is 9.69 Å². The highest BCUT2D eigenvalue weighted by atomic mass is 16.6. The van der Waals surface area contributed by atoms with Crippen LogP contribution >= 0.6 is 0 Å². The Labute approximate surface area is 144 Å². The molecule has 0 radical (unpaired) electrons. The Bertz CT molecular complexity index is 884. The molecule has 1 aliphatic heterocycles. The van der Waals surface area contributed by atoms with Crippen LogP contribution < -0.4 is 16.0 Å². The second-order valence-corrected chi connectivity index (χ2v) is 6.76. The summed E-state index contributed by atoms with van der Waals surface area (Å²) in [7, 11) is 0. The van der Waals surface area contributed by atoms with Crippen LogP contribution in [0.4, 0.5) is 22.2 Å². The Morgan fingerprint density at radius 1 is 1.40 bits per heavy atom. The van der Waals surface area contributed by atoms with Crippen LogP contribution in [0, 0.1) is 11.8 Å². The van der Waals surface area contributed by atoms with Crippen molar-refractivity contribution in [2.45, 2.75) is 26.3 Å². The molecule has 2 aromatic rings. The molecule has 1 saturated heterocycles. The number of amides is 2. The van der Waals surface area contributed by atoms with Crippen LogP contribution in [0.5, 0.6) is 0 Å². The zero-order valence-corrected chi connectivity index (χ0v) is 14.0. The average Bonchev–Trinajstić information content (AvgIpc) is 3.20. The van der Waals surface area contributed by atoms with Crippen molar-refractivity contribution < 1.29 is 14.3 Å². The van der Waals surface area contributed by atoms with Gasteiger partial charge in [-0.2, -0.15) is 0 Å². The van der Waals surface area contributed by atoms with Gasteiger partial charge >= 0.3 is 6.09 Å². The van der Waals surface area contributed by atoms with E-state index in [-0.39, 0.29) is 23.7 Å². The van der Waals surface area contributed by atoms with E-state index in [0.717, 1.165) is 11.8 Å². The Balaban J connectivity index is 1.68. The van der Waals surface area contributed by atoms with Crippen LogP contribution in [0.15, 0.2) is 18.3 Å². The minimum Gasteiger partial charge on any atom is -0.447 e. The first-order chi connectivity index (χ1) is 11.9. The molecule has 3 heterocycles. The monoisotopic (exact) mass is 341 g/mol. The molecule has 1 aliphatic carbocycles. The lowest BCUT2D eigenvalue weighted by Gasteiger charge is -2.18. The fourth-order valence-electron chi connectivity index (χ4n) is 3.09. The van der Waals surface area contributed by atoms with Gasteiger partial charge in [-0.25, -0.2) is 14.8 Å². The number of anilines is 3. The van der Waals surface area contributed by atoms with Crippen molar-refractivity contribution in [2.75, 3.05) is 22.6 Å². The van der Waals surface area contributed by atoms with Crippen LogP contribution in [0.2, 0.25) is 0 Å². The van der Waals surface area contributed by atoms with E-state index < -0.39 is 6.09 Å². The number of rotatable bonds is 3. The van der Waals surface area contributed by atoms with E-state index in [1.807, 2.05) is 13.8 Å². The third kappa shape index (κ3) is 2.73. The molecule has 0 aromatic carbocycles. The molecule has 3 N–H and O–H groups in total. The number of fused-ring (bicyclic) bond motifs is 1. The molecule has 8 heteroatoms. The van der Waals surface area contributed by atoms with Crippen molar-refractivity contribution in [1.82, 2.24) is 9.97 Å². The van der Waals surface area contributed by atoms with Crippen LogP contribution in [0.3, 0.4) is 0 Å². The third-order valence-corrected chi connectivity index (χ3v) is 4.76. The van der Waals surface area contributed by atoms with Gasteiger partial charge in [-0.05, 0) is 36.8 Å². The molecule has 2 aliphatic rings. The number of nitrogens with two attached hydrogens (primary N) is 1. The molecule has 130 valence electrons. The third-order valence-electron chi connectivity index (χ3n) is 4.76. The molecule has 2 fully saturated rings. The normalized spacial score (nSPS) is 25.1. The highest BCUT2D eigenvalue weighted by Gasteiger charge is 2.39. The number of ether oxygens (including phenoxy) is 1. The van der Waals surface area contributed by atoms with Crippen LogP contribution in [-0.4, -0.2) is 34.6 Å². The standard InChI is InChI=1S/C17H19N5O3/c1-8-3-11(8)16(23)20-13-4-10-5-14(21-15(18)12(10)6-19-13)22-9(2)7-25-17(22)24/h4-6,8-9,11H,3,7H2,1-2H3,(H2,18,21)(H,19,20,23)/t8-,9+,11-/m1/s1. The van der Waals surface area contributed by atoms with Crippen LogP contribution in [0.25, 0.3) is 10.8 Å². The maximum atomic E-state index is 12.1. The summed E-state index contributed by atoms with van der Waals surface area (Å²) >= 11 is 0. The van der Waals surface area contributed by atoms with Crippen molar-refractivity contribution in [3.05, 3.63) is 18.3 Å². The van der Waals surface area contributed by atoms with E-state index in [0.29, 0.717) is 29.5 Å². The predicted octanol–water partition coefficient (Wildman–Crippen LogP) is 2.15. The number of pyridine rings is 2. The van der Waals surface area contributed by atoms with Gasteiger partial charge in [-0.1, -0.05) is 6.92 Å². The van der Waals surface area contributed by atoms with Crippen molar-refractivity contribution in [1.29, 1.82) is 0 Å². The zero-order chi connectivity index (χ0) is 17.7. The molecule has 3 atom stereocenters. The van der Waals surface area contributed by atoms with Gasteiger partial charge in [0.15, 0.2) is 0 Å². The van der Waals surface area contributed by atoms with E-state index in [9.17, 15) is 9.59 Å². The first kappa shape index (κ1) is 15.6. The summed E-state index contributed by atoms with van der Waals surface area (Å²) in [6.45, 7) is 4.24. The first-order valence-corrected chi connectivity index (χ1v) is 8.27. The largest absolute Gasteiger partial charge is 0.447 e. The number of carbonyl (C=O) groups is 2. The van der Waals surface area contributed by atoms with Crippen LogP contribution in [0.1, 0.15) is 20.3 Å². The molecular weight excluding hydrogens is 322 g/mol. The van der Waals surface area contributed by atoms with Gasteiger partial charge < -0.3 is 15.8 Å². The average molecular weight is 341 g/mol. The minimum atomic E-state index is -0.441. The van der Waals surface area contributed by atoms with Crippen molar-refractivity contribution >= 4 is 40.2 Å². The minimum absolute atomic E-state index is 0.0154. The molecule has 2 amide bonds. The number of nitrogens with one attached hydrogen (secondary N) is 1. The molecule has 2 aromatic heterocycles. The molecule has 1 saturated carbocycles. The van der Waals surface area contributed by atoms with E-state index in [4.69, 9.17) is 10.5 Å². The summed E-state index contributed by atoms with van der Waals surface area (Å²) in [4.78, 5) is 34.0. The van der Waals surface area contributed by atoms with Crippen molar-refractivity contribution in [2.24, 2.45) is 11.8 Å². The van der Waals surface area contributed by atoms with Gasteiger partial charge in [-0.15, -0.1) is 0 Å². The SMILES string of the molecule is C[C@@H]1C[C@H]1C(=O)Nc1cc2cc(N3C(=O)OC[C@@H]3C)nc(N)c2cn1. The van der Waals surface area contributed by atoms with E-state index >= 15 is 0 Å². The fourth-order valence-corrected chi connectivity index (χ4v) is 3.09. The first-order valence-electron chi connectivity index (χ1n) is 8.27. The number of cyclic esters (lactones) is 1. The molecule has 25 heavy (non-hydrogen) atoms. The number of nitrogen functional groups attached to an aromatic ring is 1. The quantitative estimate of drug-likeness (QED) is 0.885. The summed E-state index contributed by atoms with van der Waals surface area (Å²) in [6, 6.07) is 3.38. The number of aromatic nitrogens is 2. The maximum Gasteiger partial charge on any atom is 0.415 e. The molecule has 0 unspecified atom stereocenters. The summed E-state index contributed by atoms with van der Waals surface area (Å²) in [5.41, 5.74) is 6.03. The lowest BCUT2D eigenvalue weighted by Crippen LogP contribution is -2.31. The van der Waals surface area contributed by atoms with E-state index in [2.05, 4.69) is 15.3 Å². The highest BCUT2D eigenvalue weighted by Crippen LogP contribution is 2.38. The number of hydrogen-bond donors (Lipinski definition) is 2. The Hall–Kier alpha value is -2.90. The summed E-state index contributed by atoms with van der Waals surface area (Å²) in [5.74, 6) is 1.65. The van der Waals surface area contributed by atoms with Gasteiger partial charge in [0.2, 0.25) is 5.91 Å². The summed E-state index contributed by atoms with van der Waals surface area (Å²) in [6.07, 6.45) is 2.05. The molecule has 0 spiro atoms. The Morgan fingerprint density at radius 3 is 2.80 bits per heavy atom. The van der Waals surface area contributed by atoms with Gasteiger partial charge in [0.1, 0.15) is 24.1 Å². The second kappa shape index (κ2) is 5.58. The molecular formula is C17H19N5O3. The smallest absolute Gasteiger partial charge is 0.415 e. The number of hydrogen-bond acceptors (Lipinski definition) is 6. The Morgan fingerprint density at radius 2 is 2.16 bits per heavy atom.